The lowest BCUT2D eigenvalue weighted by Gasteiger charge is -2.11. The van der Waals surface area contributed by atoms with Crippen LogP contribution in [0.25, 0.3) is 0 Å². The number of nitriles is 1. The zero-order chi connectivity index (χ0) is 16.7. The minimum Gasteiger partial charge on any atom is -0.334 e. The van der Waals surface area contributed by atoms with Gasteiger partial charge >= 0.3 is 6.03 Å². The molecular weight excluding hydrogens is 288 g/mol. The summed E-state index contributed by atoms with van der Waals surface area (Å²) < 4.78 is 0. The molecule has 0 unspecified atom stereocenters. The van der Waals surface area contributed by atoms with Gasteiger partial charge in [0.1, 0.15) is 0 Å². The Morgan fingerprint density at radius 1 is 1.04 bits per heavy atom. The molecular formula is C18H20N4O. The predicted octanol–water partition coefficient (Wildman–Crippen LogP) is 2.94. The Morgan fingerprint density at radius 3 is 2.22 bits per heavy atom. The second-order valence-electron chi connectivity index (χ2n) is 5.55. The predicted molar refractivity (Wildman–Crippen MR) is 90.8 cm³/mol. The summed E-state index contributed by atoms with van der Waals surface area (Å²) in [6.45, 7) is 1.36. The van der Waals surface area contributed by atoms with Crippen LogP contribution < -0.4 is 10.6 Å². The van der Waals surface area contributed by atoms with Gasteiger partial charge in [-0.3, -0.25) is 0 Å². The van der Waals surface area contributed by atoms with Crippen molar-refractivity contribution in [3.05, 3.63) is 65.2 Å². The van der Waals surface area contributed by atoms with Gasteiger partial charge in [0.05, 0.1) is 11.6 Å². The van der Waals surface area contributed by atoms with Crippen molar-refractivity contribution in [2.75, 3.05) is 19.4 Å². The summed E-state index contributed by atoms with van der Waals surface area (Å²) in [7, 11) is 4.06. The number of anilines is 1. The average molecular weight is 308 g/mol. The lowest BCUT2D eigenvalue weighted by Crippen LogP contribution is -2.28. The summed E-state index contributed by atoms with van der Waals surface area (Å²) in [5, 5.41) is 14.3. The van der Waals surface area contributed by atoms with Crippen LogP contribution in [-0.4, -0.2) is 25.0 Å². The van der Waals surface area contributed by atoms with Crippen LogP contribution >= 0.6 is 0 Å². The number of amides is 2. The quantitative estimate of drug-likeness (QED) is 0.892. The first kappa shape index (κ1) is 16.5. The Morgan fingerprint density at radius 2 is 1.65 bits per heavy atom. The van der Waals surface area contributed by atoms with Crippen molar-refractivity contribution in [2.45, 2.75) is 13.1 Å². The van der Waals surface area contributed by atoms with Crippen molar-refractivity contribution in [2.24, 2.45) is 0 Å². The molecule has 0 aromatic heterocycles. The smallest absolute Gasteiger partial charge is 0.319 e. The monoisotopic (exact) mass is 308 g/mol. The maximum atomic E-state index is 11.9. The minimum absolute atomic E-state index is 0.271. The molecule has 0 saturated heterocycles. The summed E-state index contributed by atoms with van der Waals surface area (Å²) in [5.41, 5.74) is 3.50. The Labute approximate surface area is 136 Å². The van der Waals surface area contributed by atoms with E-state index in [4.69, 9.17) is 5.26 Å². The molecule has 0 fully saturated rings. The Kier molecular flexibility index (Phi) is 5.73. The van der Waals surface area contributed by atoms with Crippen LogP contribution in [0.4, 0.5) is 10.5 Å². The summed E-state index contributed by atoms with van der Waals surface area (Å²) in [6.07, 6.45) is 0. The maximum Gasteiger partial charge on any atom is 0.319 e. The molecule has 2 N–H and O–H groups in total. The van der Waals surface area contributed by atoms with Crippen molar-refractivity contribution in [3.8, 4) is 6.07 Å². The van der Waals surface area contributed by atoms with Crippen LogP contribution in [0.3, 0.4) is 0 Å². The fourth-order valence-corrected chi connectivity index (χ4v) is 2.11. The van der Waals surface area contributed by atoms with Gasteiger partial charge in [0.25, 0.3) is 0 Å². The summed E-state index contributed by atoms with van der Waals surface area (Å²) in [4.78, 5) is 14.0. The first-order valence-corrected chi connectivity index (χ1v) is 7.34. The molecule has 0 bridgehead atoms. The maximum absolute atomic E-state index is 11.9. The van der Waals surface area contributed by atoms with Gasteiger partial charge in [-0.25, -0.2) is 4.79 Å². The lowest BCUT2D eigenvalue weighted by molar-refractivity contribution is 0.251. The number of rotatable bonds is 5. The first-order chi connectivity index (χ1) is 11.1. The number of nitrogens with zero attached hydrogens (tertiary/aromatic N) is 2. The third-order valence-corrected chi connectivity index (χ3v) is 3.25. The van der Waals surface area contributed by atoms with Crippen molar-refractivity contribution < 1.29 is 4.79 Å². The molecule has 0 radical (unpaired) electrons. The number of benzene rings is 2. The third-order valence-electron chi connectivity index (χ3n) is 3.25. The molecule has 5 nitrogen and oxygen atoms in total. The highest BCUT2D eigenvalue weighted by Gasteiger charge is 2.02. The molecule has 2 rings (SSSR count). The number of nitrogens with one attached hydrogen (secondary N) is 2. The molecule has 0 atom stereocenters. The van der Waals surface area contributed by atoms with Crippen LogP contribution in [0.5, 0.6) is 0 Å². The van der Waals surface area contributed by atoms with Crippen LogP contribution in [0.2, 0.25) is 0 Å². The number of hydrogen-bond donors (Lipinski definition) is 2. The van der Waals surface area contributed by atoms with E-state index < -0.39 is 0 Å². The molecule has 118 valence electrons. The van der Waals surface area contributed by atoms with Gasteiger partial charge < -0.3 is 15.5 Å². The van der Waals surface area contributed by atoms with E-state index in [0.29, 0.717) is 17.8 Å². The van der Waals surface area contributed by atoms with Crippen LogP contribution in [0, 0.1) is 11.3 Å². The zero-order valence-corrected chi connectivity index (χ0v) is 13.3. The summed E-state index contributed by atoms with van der Waals surface area (Å²) in [5.74, 6) is 0. The van der Waals surface area contributed by atoms with Crippen molar-refractivity contribution in [3.63, 3.8) is 0 Å². The van der Waals surface area contributed by atoms with Gasteiger partial charge in [0.15, 0.2) is 0 Å². The van der Waals surface area contributed by atoms with E-state index in [-0.39, 0.29) is 6.03 Å². The Hall–Kier alpha value is -2.84. The molecule has 0 heterocycles. The molecule has 2 aromatic rings. The molecule has 0 saturated carbocycles. The molecule has 2 aromatic carbocycles. The van der Waals surface area contributed by atoms with Crippen molar-refractivity contribution in [1.82, 2.24) is 10.2 Å². The molecule has 23 heavy (non-hydrogen) atoms. The van der Waals surface area contributed by atoms with Gasteiger partial charge in [0.2, 0.25) is 0 Å². The topological polar surface area (TPSA) is 68.2 Å². The third kappa shape index (κ3) is 5.46. The van der Waals surface area contributed by atoms with Gasteiger partial charge in [-0.2, -0.15) is 5.26 Å². The number of carbonyl (C=O) groups excluding carboxylic acids is 1. The van der Waals surface area contributed by atoms with E-state index in [2.05, 4.69) is 27.7 Å². The first-order valence-electron chi connectivity index (χ1n) is 7.34. The molecule has 0 aliphatic rings. The van der Waals surface area contributed by atoms with E-state index in [1.165, 1.54) is 5.56 Å². The van der Waals surface area contributed by atoms with Crippen molar-refractivity contribution >= 4 is 11.7 Å². The lowest BCUT2D eigenvalue weighted by atomic mass is 10.1. The second kappa shape index (κ2) is 7.97. The highest BCUT2D eigenvalue weighted by Crippen LogP contribution is 2.09. The summed E-state index contributed by atoms with van der Waals surface area (Å²) in [6, 6.07) is 16.7. The average Bonchev–Trinajstić information content (AvgIpc) is 2.54. The normalized spacial score (nSPS) is 10.2. The van der Waals surface area contributed by atoms with Gasteiger partial charge in [-0.05, 0) is 49.5 Å². The molecule has 2 amide bonds. The Balaban J connectivity index is 1.82. The largest absolute Gasteiger partial charge is 0.334 e. The number of carbonyl (C=O) groups is 1. The molecule has 0 aliphatic carbocycles. The van der Waals surface area contributed by atoms with Gasteiger partial charge in [-0.1, -0.05) is 24.3 Å². The van der Waals surface area contributed by atoms with Crippen LogP contribution in [0.1, 0.15) is 16.7 Å². The van der Waals surface area contributed by atoms with E-state index in [1.54, 1.807) is 24.3 Å². The summed E-state index contributed by atoms with van der Waals surface area (Å²) >= 11 is 0. The minimum atomic E-state index is -0.271. The van der Waals surface area contributed by atoms with E-state index in [1.807, 2.05) is 32.3 Å². The van der Waals surface area contributed by atoms with E-state index in [9.17, 15) is 4.79 Å². The second-order valence-corrected chi connectivity index (χ2v) is 5.55. The van der Waals surface area contributed by atoms with Crippen LogP contribution in [-0.2, 0) is 13.1 Å². The highest BCUT2D eigenvalue weighted by atomic mass is 16.2. The molecule has 0 spiro atoms. The molecule has 5 heteroatoms. The van der Waals surface area contributed by atoms with Gasteiger partial charge in [0, 0.05) is 18.8 Å². The number of hydrogen-bond acceptors (Lipinski definition) is 3. The molecule has 0 aliphatic heterocycles. The van der Waals surface area contributed by atoms with Crippen LogP contribution in [0.15, 0.2) is 48.5 Å². The van der Waals surface area contributed by atoms with E-state index >= 15 is 0 Å². The van der Waals surface area contributed by atoms with Gasteiger partial charge in [-0.15, -0.1) is 0 Å². The van der Waals surface area contributed by atoms with Crippen molar-refractivity contribution in [1.29, 1.82) is 5.26 Å². The number of urea groups is 1. The zero-order valence-electron chi connectivity index (χ0n) is 13.3. The highest BCUT2D eigenvalue weighted by molar-refractivity contribution is 5.89. The Bertz CT molecular complexity index is 684. The van der Waals surface area contributed by atoms with E-state index in [0.717, 1.165) is 12.1 Å². The fraction of sp³-hybridized carbons (Fsp3) is 0.222. The fourth-order valence-electron chi connectivity index (χ4n) is 2.11. The standard InChI is InChI=1S/C18H20N4O/c1-22(2)13-16-5-3-15(4-6-16)12-20-18(23)21-17-9-7-14(11-19)8-10-17/h3-10H,12-13H2,1-2H3,(H2,20,21,23). The SMILES string of the molecule is CN(C)Cc1ccc(CNC(=O)Nc2ccc(C#N)cc2)cc1.